The standard InChI is InChI=1S/C15H13F3N2O5S/c16-15(17,18)25-11-3-1-2-9-12(11)19-6-10(13(9)21)14(22)20-8-4-5-26(23,24)7-8/h1-3,6,8H,4-5,7H2,(H,19,21)(H,20,22)/t8-/m0/s1. The average Bonchev–Trinajstić information content (AvgIpc) is 2.85. The summed E-state index contributed by atoms with van der Waals surface area (Å²) < 4.78 is 64.0. The van der Waals surface area contributed by atoms with Gasteiger partial charge in [0.05, 0.1) is 22.4 Å². The summed E-state index contributed by atoms with van der Waals surface area (Å²) in [5, 5.41) is 2.31. The largest absolute Gasteiger partial charge is 0.573 e. The van der Waals surface area contributed by atoms with Crippen LogP contribution in [0.5, 0.6) is 5.75 Å². The first-order valence-electron chi connectivity index (χ1n) is 7.47. The second-order valence-electron chi connectivity index (χ2n) is 5.83. The maximum absolute atomic E-state index is 12.5. The molecule has 1 saturated heterocycles. The number of amides is 1. The minimum absolute atomic E-state index is 0.0514. The maximum Gasteiger partial charge on any atom is 0.573 e. The number of rotatable bonds is 3. The number of pyridine rings is 1. The monoisotopic (exact) mass is 390 g/mol. The molecule has 0 saturated carbocycles. The van der Waals surface area contributed by atoms with Gasteiger partial charge < -0.3 is 15.0 Å². The lowest BCUT2D eigenvalue weighted by atomic mass is 10.1. The van der Waals surface area contributed by atoms with Gasteiger partial charge in [0, 0.05) is 12.2 Å². The lowest BCUT2D eigenvalue weighted by Gasteiger charge is -2.13. The van der Waals surface area contributed by atoms with Crippen molar-refractivity contribution in [2.75, 3.05) is 11.5 Å². The third kappa shape index (κ3) is 3.82. The van der Waals surface area contributed by atoms with Gasteiger partial charge in [-0.3, -0.25) is 9.59 Å². The Morgan fingerprint density at radius 2 is 2.04 bits per heavy atom. The van der Waals surface area contributed by atoms with Crippen LogP contribution in [0.3, 0.4) is 0 Å². The van der Waals surface area contributed by atoms with Crippen molar-refractivity contribution in [2.45, 2.75) is 18.8 Å². The van der Waals surface area contributed by atoms with Gasteiger partial charge in [0.15, 0.2) is 15.6 Å². The summed E-state index contributed by atoms with van der Waals surface area (Å²) in [6, 6.07) is 2.88. The van der Waals surface area contributed by atoms with Crippen molar-refractivity contribution < 1.29 is 31.1 Å². The maximum atomic E-state index is 12.5. The molecular weight excluding hydrogens is 377 g/mol. The zero-order chi connectivity index (χ0) is 19.1. The molecule has 26 heavy (non-hydrogen) atoms. The van der Waals surface area contributed by atoms with Crippen LogP contribution in [0, 0.1) is 0 Å². The molecule has 3 rings (SSSR count). The van der Waals surface area contributed by atoms with E-state index in [4.69, 9.17) is 0 Å². The van der Waals surface area contributed by atoms with E-state index in [-0.39, 0.29) is 34.4 Å². The molecule has 0 radical (unpaired) electrons. The highest BCUT2D eigenvalue weighted by Gasteiger charge is 2.32. The van der Waals surface area contributed by atoms with Gasteiger partial charge in [-0.2, -0.15) is 0 Å². The summed E-state index contributed by atoms with van der Waals surface area (Å²) in [5.74, 6) is -1.66. The van der Waals surface area contributed by atoms with Crippen molar-refractivity contribution in [3.8, 4) is 5.75 Å². The third-order valence-electron chi connectivity index (χ3n) is 3.91. The van der Waals surface area contributed by atoms with Crippen molar-refractivity contribution in [1.82, 2.24) is 10.3 Å². The molecular formula is C15H13F3N2O5S. The number of sulfone groups is 1. The quantitative estimate of drug-likeness (QED) is 0.823. The molecule has 11 heteroatoms. The molecule has 140 valence electrons. The van der Waals surface area contributed by atoms with E-state index < -0.39 is 39.3 Å². The number of para-hydroxylation sites is 1. The van der Waals surface area contributed by atoms with Gasteiger partial charge in [-0.1, -0.05) is 6.07 Å². The number of alkyl halides is 3. The Hall–Kier alpha value is -2.56. The Morgan fingerprint density at radius 3 is 2.65 bits per heavy atom. The van der Waals surface area contributed by atoms with Crippen LogP contribution in [0.1, 0.15) is 16.8 Å². The Kier molecular flexibility index (Phi) is 4.42. The van der Waals surface area contributed by atoms with Crippen LogP contribution >= 0.6 is 0 Å². The van der Waals surface area contributed by atoms with E-state index in [1.54, 1.807) is 0 Å². The molecule has 0 aliphatic carbocycles. The van der Waals surface area contributed by atoms with Crippen molar-refractivity contribution in [3.63, 3.8) is 0 Å². The molecule has 1 atom stereocenters. The van der Waals surface area contributed by atoms with Crippen molar-refractivity contribution in [3.05, 3.63) is 40.2 Å². The first-order valence-corrected chi connectivity index (χ1v) is 9.29. The van der Waals surface area contributed by atoms with Crippen LogP contribution in [0.4, 0.5) is 13.2 Å². The number of carbonyl (C=O) groups is 1. The number of H-pyrrole nitrogens is 1. The number of ether oxygens (including phenoxy) is 1. The zero-order valence-electron chi connectivity index (χ0n) is 13.1. The number of halogens is 3. The lowest BCUT2D eigenvalue weighted by Crippen LogP contribution is -2.38. The number of carbonyl (C=O) groups excluding carboxylic acids is 1. The fourth-order valence-electron chi connectivity index (χ4n) is 2.77. The average molecular weight is 390 g/mol. The molecule has 1 aromatic heterocycles. The molecule has 1 amide bonds. The van der Waals surface area contributed by atoms with Gasteiger partial charge in [0.25, 0.3) is 5.91 Å². The molecule has 0 unspecified atom stereocenters. The minimum atomic E-state index is -4.94. The molecule has 1 aliphatic heterocycles. The molecule has 2 aromatic rings. The summed E-state index contributed by atoms with van der Waals surface area (Å²) in [6.45, 7) is 0. The van der Waals surface area contributed by atoms with E-state index >= 15 is 0 Å². The topological polar surface area (TPSA) is 105 Å². The van der Waals surface area contributed by atoms with E-state index in [1.165, 1.54) is 12.1 Å². The number of hydrogen-bond donors (Lipinski definition) is 2. The molecule has 0 spiro atoms. The summed E-state index contributed by atoms with van der Waals surface area (Å²) in [4.78, 5) is 27.2. The molecule has 1 fully saturated rings. The lowest BCUT2D eigenvalue weighted by molar-refractivity contribution is -0.274. The summed E-state index contributed by atoms with van der Waals surface area (Å²) in [7, 11) is -3.21. The van der Waals surface area contributed by atoms with Crippen molar-refractivity contribution in [1.29, 1.82) is 0 Å². The van der Waals surface area contributed by atoms with Crippen LogP contribution < -0.4 is 15.5 Å². The van der Waals surface area contributed by atoms with E-state index in [0.717, 1.165) is 12.3 Å². The van der Waals surface area contributed by atoms with Gasteiger partial charge in [0.2, 0.25) is 5.43 Å². The smallest absolute Gasteiger partial charge is 0.404 e. The molecule has 2 heterocycles. The van der Waals surface area contributed by atoms with Crippen molar-refractivity contribution >= 4 is 26.6 Å². The van der Waals surface area contributed by atoms with Gasteiger partial charge >= 0.3 is 6.36 Å². The molecule has 1 aliphatic rings. The first kappa shape index (κ1) is 18.2. The summed E-state index contributed by atoms with van der Waals surface area (Å²) >= 11 is 0. The van der Waals surface area contributed by atoms with E-state index in [1.807, 2.05) is 0 Å². The molecule has 7 nitrogen and oxygen atoms in total. The normalized spacial score (nSPS) is 19.4. The highest BCUT2D eigenvalue weighted by molar-refractivity contribution is 7.91. The van der Waals surface area contributed by atoms with Crippen LogP contribution in [0.15, 0.2) is 29.2 Å². The fourth-order valence-corrected chi connectivity index (χ4v) is 4.45. The van der Waals surface area contributed by atoms with E-state index in [9.17, 15) is 31.2 Å². The Morgan fingerprint density at radius 1 is 1.31 bits per heavy atom. The predicted molar refractivity (Wildman–Crippen MR) is 85.8 cm³/mol. The van der Waals surface area contributed by atoms with Gasteiger partial charge in [-0.25, -0.2) is 8.42 Å². The van der Waals surface area contributed by atoms with Gasteiger partial charge in [-0.15, -0.1) is 13.2 Å². The van der Waals surface area contributed by atoms with Gasteiger partial charge in [0.1, 0.15) is 5.56 Å². The molecule has 1 aromatic carbocycles. The number of hydrogen-bond acceptors (Lipinski definition) is 5. The van der Waals surface area contributed by atoms with E-state index in [0.29, 0.717) is 0 Å². The highest BCUT2D eigenvalue weighted by atomic mass is 32.2. The number of aromatic nitrogens is 1. The zero-order valence-corrected chi connectivity index (χ0v) is 13.9. The second kappa shape index (κ2) is 6.31. The Bertz CT molecular complexity index is 1030. The predicted octanol–water partition coefficient (Wildman–Crippen LogP) is 1.34. The third-order valence-corrected chi connectivity index (χ3v) is 5.68. The number of benzene rings is 1. The SMILES string of the molecule is O=C(N[C@H]1CCS(=O)(=O)C1)c1c[nH]c2c(OC(F)(F)F)cccc2c1=O. The Labute approximate surface area is 145 Å². The van der Waals surface area contributed by atoms with Crippen LogP contribution in [0.25, 0.3) is 10.9 Å². The highest BCUT2D eigenvalue weighted by Crippen LogP contribution is 2.28. The van der Waals surface area contributed by atoms with Gasteiger partial charge in [-0.05, 0) is 18.6 Å². The first-order chi connectivity index (χ1) is 12.1. The van der Waals surface area contributed by atoms with Crippen LogP contribution in [-0.4, -0.2) is 43.2 Å². The fraction of sp³-hybridized carbons (Fsp3) is 0.333. The summed E-state index contributed by atoms with van der Waals surface area (Å²) in [6.07, 6.45) is -3.72. The number of nitrogens with one attached hydrogen (secondary N) is 2. The number of aromatic amines is 1. The summed E-state index contributed by atoms with van der Waals surface area (Å²) in [5.41, 5.74) is -1.31. The number of fused-ring (bicyclic) bond motifs is 1. The molecule has 0 bridgehead atoms. The minimum Gasteiger partial charge on any atom is -0.404 e. The van der Waals surface area contributed by atoms with Crippen molar-refractivity contribution in [2.24, 2.45) is 0 Å². The van der Waals surface area contributed by atoms with Crippen LogP contribution in [0.2, 0.25) is 0 Å². The second-order valence-corrected chi connectivity index (χ2v) is 8.06. The Balaban J connectivity index is 1.92. The van der Waals surface area contributed by atoms with Crippen LogP contribution in [-0.2, 0) is 9.84 Å². The molecule has 2 N–H and O–H groups in total. The van der Waals surface area contributed by atoms with E-state index in [2.05, 4.69) is 15.0 Å².